The van der Waals surface area contributed by atoms with Crippen molar-refractivity contribution in [2.75, 3.05) is 12.0 Å². The zero-order chi connectivity index (χ0) is 15.8. The Balaban J connectivity index is 2.70. The molecule has 2 atom stereocenters. The predicted molar refractivity (Wildman–Crippen MR) is 80.6 cm³/mol. The second kappa shape index (κ2) is 8.84. The lowest BCUT2D eigenvalue weighted by Gasteiger charge is -2.20. The number of rotatable bonds is 8. The summed E-state index contributed by atoms with van der Waals surface area (Å²) in [5.41, 5.74) is 6.26. The number of carbonyl (C=O) groups is 1. The van der Waals surface area contributed by atoms with Crippen LogP contribution in [0.5, 0.6) is 5.75 Å². The highest BCUT2D eigenvalue weighted by Gasteiger charge is 2.19. The molecule has 7 heteroatoms. The molecule has 0 fully saturated rings. The first kappa shape index (κ1) is 17.7. The van der Waals surface area contributed by atoms with Gasteiger partial charge in [0, 0.05) is 5.56 Å². The number of para-hydroxylation sites is 1. The van der Waals surface area contributed by atoms with E-state index in [1.807, 2.05) is 6.26 Å². The molecule has 0 aliphatic carbocycles. The summed E-state index contributed by atoms with van der Waals surface area (Å²) in [5, 5.41) is 2.72. The second-order valence-corrected chi connectivity index (χ2v) is 5.52. The Hall–Kier alpha value is -1.34. The van der Waals surface area contributed by atoms with Gasteiger partial charge in [-0.25, -0.2) is 0 Å². The van der Waals surface area contributed by atoms with E-state index in [1.54, 1.807) is 36.9 Å². The van der Waals surface area contributed by atoms with E-state index in [1.165, 1.54) is 6.07 Å². The number of carbonyl (C=O) groups excluding carboxylic acids is 1. The summed E-state index contributed by atoms with van der Waals surface area (Å²) in [6.07, 6.45) is 2.50. The van der Waals surface area contributed by atoms with Crippen LogP contribution in [0.3, 0.4) is 0 Å². The summed E-state index contributed by atoms with van der Waals surface area (Å²) >= 11 is 1.61. The van der Waals surface area contributed by atoms with Crippen LogP contribution in [-0.4, -0.2) is 30.6 Å². The molecule has 118 valence electrons. The number of halogens is 2. The van der Waals surface area contributed by atoms with E-state index in [9.17, 15) is 13.6 Å². The van der Waals surface area contributed by atoms with E-state index < -0.39 is 18.7 Å². The first-order chi connectivity index (χ1) is 9.95. The average molecular weight is 318 g/mol. The fraction of sp³-hybridized carbons (Fsp3) is 0.500. The van der Waals surface area contributed by atoms with Gasteiger partial charge in [0.15, 0.2) is 0 Å². The van der Waals surface area contributed by atoms with Crippen molar-refractivity contribution in [3.8, 4) is 5.75 Å². The molecule has 0 aliphatic rings. The van der Waals surface area contributed by atoms with E-state index in [-0.39, 0.29) is 11.7 Å². The van der Waals surface area contributed by atoms with Gasteiger partial charge in [-0.1, -0.05) is 18.2 Å². The Morgan fingerprint density at radius 3 is 2.71 bits per heavy atom. The van der Waals surface area contributed by atoms with Gasteiger partial charge >= 0.3 is 6.61 Å². The maximum Gasteiger partial charge on any atom is 0.387 e. The number of ether oxygens (including phenoxy) is 1. The molecule has 0 aromatic heterocycles. The molecule has 0 spiro atoms. The summed E-state index contributed by atoms with van der Waals surface area (Å²) in [6, 6.07) is 5.30. The maximum atomic E-state index is 12.4. The van der Waals surface area contributed by atoms with E-state index in [2.05, 4.69) is 10.1 Å². The Kier molecular flexibility index (Phi) is 7.45. The first-order valence-electron chi connectivity index (χ1n) is 6.54. The minimum Gasteiger partial charge on any atom is -0.434 e. The smallest absolute Gasteiger partial charge is 0.387 e. The molecule has 0 saturated carbocycles. The van der Waals surface area contributed by atoms with Gasteiger partial charge in [0.2, 0.25) is 5.91 Å². The van der Waals surface area contributed by atoms with Gasteiger partial charge in [-0.15, -0.1) is 0 Å². The highest BCUT2D eigenvalue weighted by Crippen LogP contribution is 2.26. The molecule has 1 amide bonds. The summed E-state index contributed by atoms with van der Waals surface area (Å²) < 4.78 is 29.2. The van der Waals surface area contributed by atoms with Crippen molar-refractivity contribution < 1.29 is 18.3 Å². The van der Waals surface area contributed by atoms with Crippen LogP contribution in [0, 0.1) is 0 Å². The van der Waals surface area contributed by atoms with Crippen molar-refractivity contribution >= 4 is 17.7 Å². The Morgan fingerprint density at radius 2 is 2.10 bits per heavy atom. The molecule has 1 rings (SSSR count). The first-order valence-corrected chi connectivity index (χ1v) is 7.93. The lowest BCUT2D eigenvalue weighted by molar-refractivity contribution is -0.123. The highest BCUT2D eigenvalue weighted by molar-refractivity contribution is 7.98. The largest absolute Gasteiger partial charge is 0.434 e. The minimum atomic E-state index is -2.90. The van der Waals surface area contributed by atoms with E-state index in [4.69, 9.17) is 5.73 Å². The topological polar surface area (TPSA) is 64.4 Å². The van der Waals surface area contributed by atoms with Crippen molar-refractivity contribution in [1.82, 2.24) is 5.32 Å². The van der Waals surface area contributed by atoms with Crippen molar-refractivity contribution in [1.29, 1.82) is 0 Å². The second-order valence-electron chi connectivity index (χ2n) is 4.53. The van der Waals surface area contributed by atoms with Crippen molar-refractivity contribution in [3.63, 3.8) is 0 Å². The van der Waals surface area contributed by atoms with Crippen molar-refractivity contribution in [3.05, 3.63) is 29.8 Å². The van der Waals surface area contributed by atoms with Crippen LogP contribution in [0.1, 0.15) is 24.9 Å². The Bertz CT molecular complexity index is 460. The zero-order valence-electron chi connectivity index (χ0n) is 12.0. The van der Waals surface area contributed by atoms with Crippen molar-refractivity contribution in [2.45, 2.75) is 32.0 Å². The van der Waals surface area contributed by atoms with Crippen LogP contribution in [0.25, 0.3) is 0 Å². The fourth-order valence-electron chi connectivity index (χ4n) is 1.82. The molecule has 3 N–H and O–H groups in total. The van der Waals surface area contributed by atoms with Gasteiger partial charge in [-0.2, -0.15) is 20.5 Å². The molecule has 0 aliphatic heterocycles. The third kappa shape index (κ3) is 5.89. The predicted octanol–water partition coefficient (Wildman–Crippen LogP) is 2.55. The van der Waals surface area contributed by atoms with E-state index >= 15 is 0 Å². The van der Waals surface area contributed by atoms with Gasteiger partial charge in [-0.3, -0.25) is 4.79 Å². The standard InChI is InChI=1S/C14H20F2N2O2S/c1-9(18-13(19)11(17)7-8-21-2)10-5-3-4-6-12(10)20-14(15)16/h3-6,9,11,14H,7-8,17H2,1-2H3,(H,18,19)/t9?,11-/m0/s1. The number of hydrogen-bond acceptors (Lipinski definition) is 4. The molecule has 21 heavy (non-hydrogen) atoms. The molecule has 1 aromatic rings. The van der Waals surface area contributed by atoms with Crippen LogP contribution >= 0.6 is 11.8 Å². The number of nitrogens with one attached hydrogen (secondary N) is 1. The van der Waals surface area contributed by atoms with Gasteiger partial charge in [0.05, 0.1) is 12.1 Å². The number of nitrogens with two attached hydrogens (primary N) is 1. The van der Waals surface area contributed by atoms with Crippen LogP contribution < -0.4 is 15.8 Å². The van der Waals surface area contributed by atoms with Gasteiger partial charge in [-0.05, 0) is 31.4 Å². The summed E-state index contributed by atoms with van der Waals surface area (Å²) in [6.45, 7) is -1.20. The monoisotopic (exact) mass is 318 g/mol. The third-order valence-electron chi connectivity index (χ3n) is 2.93. The van der Waals surface area contributed by atoms with Crippen molar-refractivity contribution in [2.24, 2.45) is 5.73 Å². The molecule has 1 aromatic carbocycles. The van der Waals surface area contributed by atoms with Crippen LogP contribution in [0.2, 0.25) is 0 Å². The fourth-order valence-corrected chi connectivity index (χ4v) is 2.31. The maximum absolute atomic E-state index is 12.4. The van der Waals surface area contributed by atoms with Gasteiger partial charge in [0.1, 0.15) is 5.75 Å². The van der Waals surface area contributed by atoms with Crippen LogP contribution in [0.4, 0.5) is 8.78 Å². The molecular weight excluding hydrogens is 298 g/mol. The number of amides is 1. The molecule has 0 bridgehead atoms. The average Bonchev–Trinajstić information content (AvgIpc) is 2.44. The third-order valence-corrected chi connectivity index (χ3v) is 3.57. The van der Waals surface area contributed by atoms with Gasteiger partial charge in [0.25, 0.3) is 0 Å². The highest BCUT2D eigenvalue weighted by atomic mass is 32.2. The lowest BCUT2D eigenvalue weighted by Crippen LogP contribution is -2.42. The van der Waals surface area contributed by atoms with Gasteiger partial charge < -0.3 is 15.8 Å². The molecule has 4 nitrogen and oxygen atoms in total. The van der Waals surface area contributed by atoms with E-state index in [0.717, 1.165) is 5.75 Å². The van der Waals surface area contributed by atoms with E-state index in [0.29, 0.717) is 12.0 Å². The quantitative estimate of drug-likeness (QED) is 0.773. The molecule has 0 radical (unpaired) electrons. The molecular formula is C14H20F2N2O2S. The number of thioether (sulfide) groups is 1. The number of hydrogen-bond donors (Lipinski definition) is 2. The summed E-state index contributed by atoms with van der Waals surface area (Å²) in [5.74, 6) is 0.537. The Morgan fingerprint density at radius 1 is 1.43 bits per heavy atom. The molecule has 1 unspecified atom stereocenters. The summed E-state index contributed by atoms with van der Waals surface area (Å²) in [7, 11) is 0. The van der Waals surface area contributed by atoms with Crippen LogP contribution in [0.15, 0.2) is 24.3 Å². The lowest BCUT2D eigenvalue weighted by atomic mass is 10.1. The molecule has 0 heterocycles. The normalized spacial score (nSPS) is 13.8. The summed E-state index contributed by atoms with van der Waals surface area (Å²) in [4.78, 5) is 11.9. The van der Waals surface area contributed by atoms with Crippen LogP contribution in [-0.2, 0) is 4.79 Å². The number of benzene rings is 1. The molecule has 0 saturated heterocycles. The number of alkyl halides is 2. The SMILES string of the molecule is CSCC[C@H](N)C(=O)NC(C)c1ccccc1OC(F)F. The Labute approximate surface area is 127 Å². The minimum absolute atomic E-state index is 0.0537. The zero-order valence-corrected chi connectivity index (χ0v) is 12.8.